The molecule has 0 aromatic heterocycles. The number of sulfone groups is 1. The van der Waals surface area contributed by atoms with Gasteiger partial charge in [-0.1, -0.05) is 25.3 Å². The van der Waals surface area contributed by atoms with Gasteiger partial charge in [-0.3, -0.25) is 0 Å². The van der Waals surface area contributed by atoms with Crippen LogP contribution < -0.4 is 0 Å². The number of aryl methyl sites for hydroxylation is 1. The summed E-state index contributed by atoms with van der Waals surface area (Å²) < 4.78 is 88.5. The number of alkyl halides is 3. The summed E-state index contributed by atoms with van der Waals surface area (Å²) in [4.78, 5) is 2.19. The number of aromatic hydroxyl groups is 1. The van der Waals surface area contributed by atoms with E-state index in [2.05, 4.69) is 4.90 Å². The lowest BCUT2D eigenvalue weighted by Gasteiger charge is -2.18. The van der Waals surface area contributed by atoms with Crippen molar-refractivity contribution in [2.75, 3.05) is 31.6 Å². The van der Waals surface area contributed by atoms with E-state index in [9.17, 15) is 35.5 Å². The lowest BCUT2D eigenvalue weighted by molar-refractivity contribution is -0.129. The lowest BCUT2D eigenvalue weighted by atomic mass is 9.89. The Morgan fingerprint density at radius 1 is 0.833 bits per heavy atom. The average Bonchev–Trinajstić information content (AvgIpc) is 3.07. The maximum absolute atomic E-state index is 14.1. The minimum absolute atomic E-state index is 0.204. The Morgan fingerprint density at radius 3 is 2.14 bits per heavy atom. The number of allylic oxidation sites excluding steroid dienone is 2. The van der Waals surface area contributed by atoms with Crippen molar-refractivity contribution >= 4 is 21.0 Å². The zero-order valence-electron chi connectivity index (χ0n) is 24.3. The first-order valence-electron chi connectivity index (χ1n) is 14.8. The Bertz CT molecular complexity index is 1290. The number of benzene rings is 2. The van der Waals surface area contributed by atoms with E-state index in [1.54, 1.807) is 12.1 Å². The molecule has 1 aliphatic rings. The molecule has 234 valence electrons. The number of hydrogen-bond acceptors (Lipinski definition) is 4. The van der Waals surface area contributed by atoms with Crippen molar-refractivity contribution in [1.29, 1.82) is 0 Å². The van der Waals surface area contributed by atoms with Crippen LogP contribution in [-0.4, -0.2) is 56.2 Å². The van der Waals surface area contributed by atoms with Crippen LogP contribution in [0.2, 0.25) is 0 Å². The number of fused-ring (bicyclic) bond motifs is 1. The van der Waals surface area contributed by atoms with Crippen molar-refractivity contribution in [3.63, 3.8) is 0 Å². The van der Waals surface area contributed by atoms with Gasteiger partial charge < -0.3 is 10.0 Å². The quantitative estimate of drug-likeness (QED) is 0.152. The molecule has 0 fully saturated rings. The van der Waals surface area contributed by atoms with E-state index in [-0.39, 0.29) is 11.5 Å². The molecule has 0 heterocycles. The number of hydrogen-bond donors (Lipinski definition) is 1. The summed E-state index contributed by atoms with van der Waals surface area (Å²) >= 11 is 0. The second-order valence-electron chi connectivity index (χ2n) is 11.4. The van der Waals surface area contributed by atoms with E-state index in [0.717, 1.165) is 92.8 Å². The van der Waals surface area contributed by atoms with Gasteiger partial charge in [-0.2, -0.15) is 13.2 Å². The zero-order chi connectivity index (χ0) is 30.8. The summed E-state index contributed by atoms with van der Waals surface area (Å²) in [5.74, 6) is -2.02. The molecule has 42 heavy (non-hydrogen) atoms. The molecule has 0 amide bonds. The normalized spacial score (nSPS) is 14.4. The van der Waals surface area contributed by atoms with Crippen LogP contribution in [0.3, 0.4) is 0 Å². The van der Waals surface area contributed by atoms with Crippen LogP contribution in [0.1, 0.15) is 87.3 Å². The smallest absolute Gasteiger partial charge is 0.390 e. The summed E-state index contributed by atoms with van der Waals surface area (Å²) in [6, 6.07) is 9.04. The molecule has 0 unspecified atom stereocenters. The molecular formula is C32H42F5NO3S. The van der Waals surface area contributed by atoms with Gasteiger partial charge in [0.1, 0.15) is 17.4 Å². The van der Waals surface area contributed by atoms with Crippen LogP contribution in [0.4, 0.5) is 22.0 Å². The van der Waals surface area contributed by atoms with Crippen molar-refractivity contribution in [3.05, 3.63) is 64.7 Å². The zero-order valence-corrected chi connectivity index (χ0v) is 25.1. The van der Waals surface area contributed by atoms with Gasteiger partial charge in [0.15, 0.2) is 9.84 Å². The van der Waals surface area contributed by atoms with Crippen LogP contribution >= 0.6 is 0 Å². The molecule has 0 saturated heterocycles. The number of rotatable bonds is 16. The number of phenols is 1. The van der Waals surface area contributed by atoms with E-state index >= 15 is 0 Å². The first-order valence-corrected chi connectivity index (χ1v) is 16.6. The Balaban J connectivity index is 1.44. The number of phenolic OH excluding ortho intramolecular Hbond substituents is 1. The number of unbranched alkanes of at least 4 members (excludes halogenated alkanes) is 5. The van der Waals surface area contributed by atoms with Crippen LogP contribution in [0.25, 0.3) is 11.1 Å². The highest BCUT2D eigenvalue weighted by molar-refractivity contribution is 7.91. The summed E-state index contributed by atoms with van der Waals surface area (Å²) in [7, 11) is -1.66. The number of halogens is 5. The molecule has 1 N–H and O–H groups in total. The SMILES string of the molecule is CN(CCCCCCC1=C(c2cc(F)cc(F)c2)CCCc2cc(O)ccc21)CCCCCS(=O)(=O)CCC(F)(F)F. The first-order chi connectivity index (χ1) is 19.8. The van der Waals surface area contributed by atoms with Crippen molar-refractivity contribution in [2.24, 2.45) is 0 Å². The van der Waals surface area contributed by atoms with Crippen molar-refractivity contribution in [3.8, 4) is 5.75 Å². The van der Waals surface area contributed by atoms with Crippen molar-refractivity contribution in [2.45, 2.75) is 83.2 Å². The largest absolute Gasteiger partial charge is 0.508 e. The fourth-order valence-corrected chi connectivity index (χ4v) is 6.98. The summed E-state index contributed by atoms with van der Waals surface area (Å²) in [6.45, 7) is 1.69. The summed E-state index contributed by atoms with van der Waals surface area (Å²) in [6.07, 6.45) is 3.08. The van der Waals surface area contributed by atoms with Crippen molar-refractivity contribution in [1.82, 2.24) is 4.90 Å². The Labute approximate surface area is 246 Å². The third-order valence-corrected chi connectivity index (χ3v) is 9.51. The topological polar surface area (TPSA) is 57.6 Å². The summed E-state index contributed by atoms with van der Waals surface area (Å²) in [5, 5.41) is 10.0. The molecule has 2 aromatic carbocycles. The second-order valence-corrected chi connectivity index (χ2v) is 13.7. The number of nitrogens with zero attached hydrogens (tertiary/aromatic N) is 1. The highest BCUT2D eigenvalue weighted by Crippen LogP contribution is 2.40. The maximum Gasteiger partial charge on any atom is 0.390 e. The minimum Gasteiger partial charge on any atom is -0.508 e. The van der Waals surface area contributed by atoms with E-state index in [0.29, 0.717) is 24.8 Å². The lowest BCUT2D eigenvalue weighted by Crippen LogP contribution is -2.21. The molecule has 2 aromatic rings. The predicted molar refractivity (Wildman–Crippen MR) is 158 cm³/mol. The van der Waals surface area contributed by atoms with E-state index in [1.165, 1.54) is 12.1 Å². The molecule has 0 atom stereocenters. The van der Waals surface area contributed by atoms with Gasteiger partial charge in [0, 0.05) is 6.07 Å². The first kappa shape index (κ1) is 34.0. The molecule has 0 saturated carbocycles. The van der Waals surface area contributed by atoms with Crippen LogP contribution in [0.5, 0.6) is 5.75 Å². The van der Waals surface area contributed by atoms with Gasteiger partial charge in [-0.25, -0.2) is 17.2 Å². The van der Waals surface area contributed by atoms with Gasteiger partial charge in [-0.15, -0.1) is 0 Å². The molecule has 1 aliphatic carbocycles. The fraction of sp³-hybridized carbons (Fsp3) is 0.562. The Hall–Kier alpha value is -2.46. The summed E-state index contributed by atoms with van der Waals surface area (Å²) in [5.41, 5.74) is 4.72. The Kier molecular flexibility index (Phi) is 12.8. The molecular weight excluding hydrogens is 573 g/mol. The Morgan fingerprint density at radius 2 is 1.48 bits per heavy atom. The highest BCUT2D eigenvalue weighted by Gasteiger charge is 2.29. The molecule has 10 heteroatoms. The fourth-order valence-electron chi connectivity index (χ4n) is 5.59. The van der Waals surface area contributed by atoms with E-state index < -0.39 is 39.8 Å². The van der Waals surface area contributed by atoms with Crippen LogP contribution in [0.15, 0.2) is 36.4 Å². The maximum atomic E-state index is 14.1. The van der Waals surface area contributed by atoms with Crippen LogP contribution in [-0.2, 0) is 16.3 Å². The monoisotopic (exact) mass is 615 g/mol. The molecule has 0 radical (unpaired) electrons. The molecule has 0 spiro atoms. The average molecular weight is 616 g/mol. The standard InChI is InChI=1S/C32H42F5NO3S/c1-38(17-7-4-8-18-42(40,41)19-15-32(35,36)37)16-6-3-2-5-11-31-29(25-20-26(33)23-27(34)21-25)12-9-10-24-22-28(39)13-14-30(24)31/h13-14,20-23,39H,2-12,15-19H2,1H3. The second kappa shape index (κ2) is 15.8. The highest BCUT2D eigenvalue weighted by atomic mass is 32.2. The minimum atomic E-state index is -4.45. The molecule has 4 nitrogen and oxygen atoms in total. The van der Waals surface area contributed by atoms with Gasteiger partial charge in [0.25, 0.3) is 0 Å². The molecule has 0 bridgehead atoms. The van der Waals surface area contributed by atoms with Gasteiger partial charge in [-0.05, 0) is 124 Å². The van der Waals surface area contributed by atoms with Gasteiger partial charge in [0.05, 0.1) is 17.9 Å². The van der Waals surface area contributed by atoms with E-state index in [4.69, 9.17) is 0 Å². The third-order valence-electron chi connectivity index (χ3n) is 7.77. The van der Waals surface area contributed by atoms with Gasteiger partial charge >= 0.3 is 6.18 Å². The third kappa shape index (κ3) is 11.7. The predicted octanol–water partition coefficient (Wildman–Crippen LogP) is 8.34. The van der Waals surface area contributed by atoms with E-state index in [1.807, 2.05) is 13.1 Å². The van der Waals surface area contributed by atoms with Gasteiger partial charge in [0.2, 0.25) is 0 Å². The van der Waals surface area contributed by atoms with Crippen molar-refractivity contribution < 1.29 is 35.5 Å². The molecule has 0 aliphatic heterocycles. The van der Waals surface area contributed by atoms with Crippen LogP contribution in [0, 0.1) is 11.6 Å². The molecule has 3 rings (SSSR count).